The van der Waals surface area contributed by atoms with Gasteiger partial charge in [0.2, 0.25) is 5.95 Å². The van der Waals surface area contributed by atoms with Crippen LogP contribution in [0.1, 0.15) is 57.3 Å². The highest BCUT2D eigenvalue weighted by molar-refractivity contribution is 5.88. The van der Waals surface area contributed by atoms with Crippen LogP contribution in [0.15, 0.2) is 12.4 Å². The molecule has 1 aromatic rings. The number of carbonyl (C=O) groups is 2. The zero-order chi connectivity index (χ0) is 19.7. The summed E-state index contributed by atoms with van der Waals surface area (Å²) in [6.07, 6.45) is 5.65. The summed E-state index contributed by atoms with van der Waals surface area (Å²) in [6.45, 7) is 9.21. The van der Waals surface area contributed by atoms with E-state index in [2.05, 4.69) is 15.3 Å². The van der Waals surface area contributed by atoms with E-state index >= 15 is 0 Å². The van der Waals surface area contributed by atoms with Crippen LogP contribution in [0, 0.1) is 5.41 Å². The smallest absolute Gasteiger partial charge is 0.410 e. The zero-order valence-corrected chi connectivity index (χ0v) is 16.4. The van der Waals surface area contributed by atoms with Crippen molar-refractivity contribution in [3.05, 3.63) is 18.0 Å². The molecule has 0 bridgehead atoms. The van der Waals surface area contributed by atoms with E-state index in [1.54, 1.807) is 6.92 Å². The van der Waals surface area contributed by atoms with Gasteiger partial charge in [0.1, 0.15) is 5.60 Å². The van der Waals surface area contributed by atoms with Crippen LogP contribution in [0.2, 0.25) is 0 Å². The van der Waals surface area contributed by atoms with Crippen molar-refractivity contribution in [2.75, 3.05) is 25.0 Å². The Morgan fingerprint density at radius 2 is 1.96 bits per heavy atom. The largest absolute Gasteiger partial charge is 0.462 e. The van der Waals surface area contributed by atoms with Gasteiger partial charge < -0.3 is 19.7 Å². The topological polar surface area (TPSA) is 93.7 Å². The number of likely N-dealkylation sites (tertiary alicyclic amines) is 1. The summed E-state index contributed by atoms with van der Waals surface area (Å²) in [5.74, 6) is 0.0877. The highest BCUT2D eigenvalue weighted by atomic mass is 16.6. The van der Waals surface area contributed by atoms with Crippen LogP contribution < -0.4 is 5.32 Å². The SMILES string of the molecule is CCOC(=O)c1cnc(NC2CC3(CCN(C(=O)OC(C)(C)C)C3)C2)nc1. The molecule has 3 rings (SSSR count). The molecular formula is C19H28N4O4. The van der Waals surface area contributed by atoms with Gasteiger partial charge in [-0.2, -0.15) is 0 Å². The van der Waals surface area contributed by atoms with E-state index in [1.165, 1.54) is 12.4 Å². The predicted octanol–water partition coefficient (Wildman–Crippen LogP) is 2.85. The lowest BCUT2D eigenvalue weighted by Gasteiger charge is -2.45. The van der Waals surface area contributed by atoms with Crippen LogP contribution >= 0.6 is 0 Å². The molecule has 1 aromatic heterocycles. The van der Waals surface area contributed by atoms with E-state index in [9.17, 15) is 9.59 Å². The minimum absolute atomic E-state index is 0.166. The Kier molecular flexibility index (Phi) is 5.26. The van der Waals surface area contributed by atoms with Gasteiger partial charge in [-0.3, -0.25) is 0 Å². The molecule has 1 saturated heterocycles. The molecule has 1 saturated carbocycles. The first kappa shape index (κ1) is 19.4. The Labute approximate surface area is 159 Å². The van der Waals surface area contributed by atoms with Gasteiger partial charge in [0, 0.05) is 31.5 Å². The van der Waals surface area contributed by atoms with Crippen molar-refractivity contribution >= 4 is 18.0 Å². The maximum Gasteiger partial charge on any atom is 0.410 e. The lowest BCUT2D eigenvalue weighted by atomic mass is 9.65. The van der Waals surface area contributed by atoms with Gasteiger partial charge >= 0.3 is 12.1 Å². The Balaban J connectivity index is 1.47. The maximum atomic E-state index is 12.2. The molecule has 2 aliphatic rings. The van der Waals surface area contributed by atoms with Gasteiger partial charge in [-0.1, -0.05) is 0 Å². The fourth-order valence-electron chi connectivity index (χ4n) is 3.74. The van der Waals surface area contributed by atoms with Gasteiger partial charge in [0.05, 0.1) is 12.2 Å². The molecule has 27 heavy (non-hydrogen) atoms. The van der Waals surface area contributed by atoms with Crippen molar-refractivity contribution in [2.24, 2.45) is 5.41 Å². The van der Waals surface area contributed by atoms with E-state index in [0.717, 1.165) is 32.4 Å². The first-order chi connectivity index (χ1) is 12.7. The molecule has 2 fully saturated rings. The number of nitrogens with zero attached hydrogens (tertiary/aromatic N) is 3. The minimum Gasteiger partial charge on any atom is -0.462 e. The second kappa shape index (κ2) is 7.32. The van der Waals surface area contributed by atoms with Crippen LogP contribution in [0.25, 0.3) is 0 Å². The summed E-state index contributed by atoms with van der Waals surface area (Å²) in [5.41, 5.74) is 0.0412. The standard InChI is InChI=1S/C19H28N4O4/c1-5-26-15(24)13-10-20-16(21-11-13)22-14-8-19(9-14)6-7-23(12-19)17(25)27-18(2,3)4/h10-11,14H,5-9,12H2,1-4H3,(H,20,21,22). The van der Waals surface area contributed by atoms with E-state index < -0.39 is 11.6 Å². The van der Waals surface area contributed by atoms with Gasteiger partial charge in [-0.15, -0.1) is 0 Å². The molecule has 1 amide bonds. The van der Waals surface area contributed by atoms with Crippen LogP contribution in [0.5, 0.6) is 0 Å². The van der Waals surface area contributed by atoms with Crippen molar-refractivity contribution < 1.29 is 19.1 Å². The third-order valence-electron chi connectivity index (χ3n) is 4.95. The molecule has 148 valence electrons. The summed E-state index contributed by atoms with van der Waals surface area (Å²) in [7, 11) is 0. The monoisotopic (exact) mass is 376 g/mol. The second-order valence-electron chi connectivity index (χ2n) is 8.42. The van der Waals surface area contributed by atoms with E-state index in [-0.39, 0.29) is 17.6 Å². The van der Waals surface area contributed by atoms with Crippen molar-refractivity contribution in [3.8, 4) is 0 Å². The molecule has 0 radical (unpaired) electrons. The number of hydrogen-bond acceptors (Lipinski definition) is 7. The second-order valence-corrected chi connectivity index (χ2v) is 8.42. The van der Waals surface area contributed by atoms with E-state index in [1.807, 2.05) is 25.7 Å². The number of ether oxygens (including phenoxy) is 2. The lowest BCUT2D eigenvalue weighted by Crippen LogP contribution is -2.47. The van der Waals surface area contributed by atoms with Crippen LogP contribution in [-0.4, -0.2) is 58.3 Å². The molecule has 1 aliphatic carbocycles. The average molecular weight is 376 g/mol. The Morgan fingerprint density at radius 1 is 1.30 bits per heavy atom. The number of hydrogen-bond donors (Lipinski definition) is 1. The van der Waals surface area contributed by atoms with Gasteiger partial charge in [0.25, 0.3) is 0 Å². The molecule has 0 aromatic carbocycles. The Bertz CT molecular complexity index is 693. The van der Waals surface area contributed by atoms with Crippen molar-refractivity contribution in [2.45, 2.75) is 58.6 Å². The number of nitrogens with one attached hydrogen (secondary N) is 1. The van der Waals surface area contributed by atoms with Gasteiger partial charge in [-0.25, -0.2) is 19.6 Å². The van der Waals surface area contributed by atoms with E-state index in [0.29, 0.717) is 18.1 Å². The fraction of sp³-hybridized carbons (Fsp3) is 0.684. The third kappa shape index (κ3) is 4.67. The fourth-order valence-corrected chi connectivity index (χ4v) is 3.74. The number of aromatic nitrogens is 2. The Morgan fingerprint density at radius 3 is 2.56 bits per heavy atom. The molecule has 1 aliphatic heterocycles. The molecule has 8 heteroatoms. The van der Waals surface area contributed by atoms with Gasteiger partial charge in [0.15, 0.2) is 0 Å². The third-order valence-corrected chi connectivity index (χ3v) is 4.95. The quantitative estimate of drug-likeness (QED) is 0.808. The lowest BCUT2D eigenvalue weighted by molar-refractivity contribution is 0.0237. The molecule has 0 atom stereocenters. The van der Waals surface area contributed by atoms with Crippen LogP contribution in [0.4, 0.5) is 10.7 Å². The minimum atomic E-state index is -0.469. The molecule has 2 heterocycles. The van der Waals surface area contributed by atoms with E-state index in [4.69, 9.17) is 9.47 Å². The zero-order valence-electron chi connectivity index (χ0n) is 16.4. The highest BCUT2D eigenvalue weighted by Crippen LogP contribution is 2.49. The number of rotatable bonds is 4. The van der Waals surface area contributed by atoms with Crippen LogP contribution in [0.3, 0.4) is 0 Å². The normalized spacial score (nSPS) is 24.4. The first-order valence-electron chi connectivity index (χ1n) is 9.43. The summed E-state index contributed by atoms with van der Waals surface area (Å²) >= 11 is 0. The van der Waals surface area contributed by atoms with Crippen molar-refractivity contribution in [1.29, 1.82) is 0 Å². The van der Waals surface area contributed by atoms with Crippen LogP contribution in [-0.2, 0) is 9.47 Å². The summed E-state index contributed by atoms with van der Waals surface area (Å²) in [4.78, 5) is 34.0. The first-order valence-corrected chi connectivity index (χ1v) is 9.43. The molecule has 1 spiro atoms. The number of amides is 1. The van der Waals surface area contributed by atoms with Gasteiger partial charge in [-0.05, 0) is 52.4 Å². The number of esters is 1. The van der Waals surface area contributed by atoms with Crippen molar-refractivity contribution in [3.63, 3.8) is 0 Å². The molecule has 1 N–H and O–H groups in total. The maximum absolute atomic E-state index is 12.2. The highest BCUT2D eigenvalue weighted by Gasteiger charge is 2.50. The molecular weight excluding hydrogens is 348 g/mol. The molecule has 0 unspecified atom stereocenters. The summed E-state index contributed by atoms with van der Waals surface area (Å²) in [6, 6.07) is 0.275. The van der Waals surface area contributed by atoms with Crippen molar-refractivity contribution in [1.82, 2.24) is 14.9 Å². The summed E-state index contributed by atoms with van der Waals surface area (Å²) < 4.78 is 10.4. The average Bonchev–Trinajstić information content (AvgIpc) is 2.99. The molecule has 8 nitrogen and oxygen atoms in total. The number of anilines is 1. The summed E-state index contributed by atoms with van der Waals surface area (Å²) in [5, 5.41) is 3.30. The predicted molar refractivity (Wildman–Crippen MR) is 99.5 cm³/mol. The Hall–Kier alpha value is -2.38. The number of carbonyl (C=O) groups excluding carboxylic acids is 2.